The van der Waals surface area contributed by atoms with E-state index in [-0.39, 0.29) is 21.7 Å². The molecular formula is C14H24O3Ti. The minimum absolute atomic E-state index is 0. The molecule has 0 atom stereocenters. The molecule has 0 amide bonds. The molecule has 0 saturated carbocycles. The Balaban J connectivity index is -0.0000000750. The van der Waals surface area contributed by atoms with E-state index in [1.165, 1.54) is 5.56 Å². The van der Waals surface area contributed by atoms with E-state index in [0.717, 1.165) is 21.3 Å². The largest absolute Gasteiger partial charge is 2.00 e. The topological polar surface area (TPSA) is 60.7 Å². The maximum Gasteiger partial charge on any atom is 2.00 e. The van der Waals surface area contributed by atoms with Crippen LogP contribution in [-0.2, 0) is 21.7 Å². The Kier molecular flexibility index (Phi) is 43.1. The molecule has 2 aromatic carbocycles. The maximum absolute atomic E-state index is 7.00. The summed E-state index contributed by atoms with van der Waals surface area (Å²) >= 11 is 0. The smallest absolute Gasteiger partial charge is 0.400 e. The van der Waals surface area contributed by atoms with Gasteiger partial charge >= 0.3 is 21.7 Å². The number of rotatable bonds is 0. The third-order valence-electron chi connectivity index (χ3n) is 1.38. The second kappa shape index (κ2) is 29.9. The first-order chi connectivity index (χ1) is 8.39. The van der Waals surface area contributed by atoms with Gasteiger partial charge in [-0.05, 0) is 0 Å². The fourth-order valence-electron chi connectivity index (χ4n) is 0.791. The predicted octanol–water partition coefficient (Wildman–Crippen LogP) is 1.94. The van der Waals surface area contributed by atoms with Crippen molar-refractivity contribution >= 4 is 0 Å². The Bertz CT molecular complexity index is 235. The van der Waals surface area contributed by atoms with Crippen LogP contribution < -0.4 is 0 Å². The minimum Gasteiger partial charge on any atom is -0.400 e. The standard InChI is InChI=1S/C6H7.C5H5.3CH4O.Ti/c1-6-4-2-3-5-6;1-2-4-5-3-1;3*1-2;/h2-5H,1H3;1-5H;3*2H,1H3;/q2*-1;;;;+2. The zero-order chi connectivity index (χ0) is 13.9. The number of aliphatic hydroxyl groups excluding tert-OH is 3. The summed E-state index contributed by atoms with van der Waals surface area (Å²) in [6, 6.07) is 18.2. The molecule has 0 saturated heterocycles. The molecule has 102 valence electrons. The number of hydrogen-bond donors (Lipinski definition) is 3. The second-order valence-corrected chi connectivity index (χ2v) is 2.42. The van der Waals surface area contributed by atoms with Crippen LogP contribution in [0.1, 0.15) is 5.56 Å². The zero-order valence-electron chi connectivity index (χ0n) is 11.5. The predicted molar refractivity (Wildman–Crippen MR) is 73.2 cm³/mol. The Morgan fingerprint density at radius 1 is 0.722 bits per heavy atom. The Hall–Kier alpha value is -0.706. The third kappa shape index (κ3) is 24.5. The van der Waals surface area contributed by atoms with Crippen LogP contribution in [0.3, 0.4) is 0 Å². The number of aryl methyl sites for hydroxylation is 1. The van der Waals surface area contributed by atoms with Crippen molar-refractivity contribution in [1.82, 2.24) is 0 Å². The van der Waals surface area contributed by atoms with E-state index in [0.29, 0.717) is 0 Å². The summed E-state index contributed by atoms with van der Waals surface area (Å²) < 4.78 is 0. The van der Waals surface area contributed by atoms with Crippen LogP contribution in [0.4, 0.5) is 0 Å². The summed E-state index contributed by atoms with van der Waals surface area (Å²) in [5.74, 6) is 0. The third-order valence-corrected chi connectivity index (χ3v) is 1.38. The molecular weight excluding hydrogens is 264 g/mol. The molecule has 0 aliphatic rings. The summed E-state index contributed by atoms with van der Waals surface area (Å²) in [6.07, 6.45) is 0. The first-order valence-corrected chi connectivity index (χ1v) is 5.09. The summed E-state index contributed by atoms with van der Waals surface area (Å²) in [4.78, 5) is 0. The first kappa shape index (κ1) is 26.0. The van der Waals surface area contributed by atoms with Crippen LogP contribution in [0.15, 0.2) is 54.6 Å². The van der Waals surface area contributed by atoms with Gasteiger partial charge in [0.25, 0.3) is 0 Å². The Morgan fingerprint density at radius 2 is 1.06 bits per heavy atom. The SMILES string of the molecule is CO.CO.CO.C[c-]1cccc1.[Ti+2].c1cc[cH-]c1. The van der Waals surface area contributed by atoms with Gasteiger partial charge < -0.3 is 15.3 Å². The van der Waals surface area contributed by atoms with E-state index in [9.17, 15) is 0 Å². The van der Waals surface area contributed by atoms with Gasteiger partial charge in [-0.3, -0.25) is 0 Å². The average molecular weight is 288 g/mol. The van der Waals surface area contributed by atoms with Gasteiger partial charge in [0.2, 0.25) is 0 Å². The molecule has 0 radical (unpaired) electrons. The molecule has 2 aromatic rings. The Morgan fingerprint density at radius 3 is 1.17 bits per heavy atom. The molecule has 3 N–H and O–H groups in total. The van der Waals surface area contributed by atoms with E-state index < -0.39 is 0 Å². The first-order valence-electron chi connectivity index (χ1n) is 5.09. The second-order valence-electron chi connectivity index (χ2n) is 2.42. The summed E-state index contributed by atoms with van der Waals surface area (Å²) in [7, 11) is 3.00. The zero-order valence-corrected chi connectivity index (χ0v) is 13.1. The van der Waals surface area contributed by atoms with Crippen LogP contribution in [0.2, 0.25) is 0 Å². The van der Waals surface area contributed by atoms with Gasteiger partial charge in [0.1, 0.15) is 0 Å². The normalized spacial score (nSPS) is 6.17. The van der Waals surface area contributed by atoms with E-state index >= 15 is 0 Å². The van der Waals surface area contributed by atoms with Crippen molar-refractivity contribution in [3.63, 3.8) is 0 Å². The van der Waals surface area contributed by atoms with Gasteiger partial charge in [-0.2, -0.15) is 35.9 Å². The number of aliphatic hydroxyl groups is 3. The van der Waals surface area contributed by atoms with Gasteiger partial charge in [0.15, 0.2) is 0 Å². The van der Waals surface area contributed by atoms with Gasteiger partial charge in [0.05, 0.1) is 0 Å². The monoisotopic (exact) mass is 288 g/mol. The van der Waals surface area contributed by atoms with E-state index in [1.807, 2.05) is 42.5 Å². The minimum atomic E-state index is 0. The van der Waals surface area contributed by atoms with E-state index in [2.05, 4.69) is 19.1 Å². The van der Waals surface area contributed by atoms with Crippen molar-refractivity contribution in [3.05, 3.63) is 60.2 Å². The quantitative estimate of drug-likeness (QED) is 0.513. The molecule has 0 unspecified atom stereocenters. The van der Waals surface area contributed by atoms with Crippen molar-refractivity contribution in [3.8, 4) is 0 Å². The van der Waals surface area contributed by atoms with Crippen molar-refractivity contribution in [2.75, 3.05) is 21.3 Å². The van der Waals surface area contributed by atoms with Crippen molar-refractivity contribution in [2.45, 2.75) is 6.92 Å². The van der Waals surface area contributed by atoms with Crippen LogP contribution >= 0.6 is 0 Å². The van der Waals surface area contributed by atoms with Crippen LogP contribution in [0, 0.1) is 6.92 Å². The fourth-order valence-corrected chi connectivity index (χ4v) is 0.791. The Labute approximate surface area is 125 Å². The van der Waals surface area contributed by atoms with Gasteiger partial charge in [0, 0.05) is 21.3 Å². The summed E-state index contributed by atoms with van der Waals surface area (Å²) in [5, 5.41) is 21.0. The fraction of sp³-hybridized carbons (Fsp3) is 0.286. The van der Waals surface area contributed by atoms with Gasteiger partial charge in [-0.1, -0.05) is 6.92 Å². The molecule has 0 aromatic heterocycles. The molecule has 3 nitrogen and oxygen atoms in total. The molecule has 0 bridgehead atoms. The number of hydrogen-bond acceptors (Lipinski definition) is 3. The van der Waals surface area contributed by atoms with Crippen LogP contribution in [-0.4, -0.2) is 36.6 Å². The van der Waals surface area contributed by atoms with Gasteiger partial charge in [-0.15, -0.1) is 0 Å². The molecule has 0 fully saturated rings. The molecule has 0 aliphatic carbocycles. The summed E-state index contributed by atoms with van der Waals surface area (Å²) in [5.41, 5.74) is 1.34. The van der Waals surface area contributed by atoms with Crippen LogP contribution in [0.25, 0.3) is 0 Å². The molecule has 0 spiro atoms. The van der Waals surface area contributed by atoms with Gasteiger partial charge in [-0.25, -0.2) is 24.3 Å². The molecule has 18 heavy (non-hydrogen) atoms. The molecule has 4 heteroatoms. The van der Waals surface area contributed by atoms with E-state index in [4.69, 9.17) is 15.3 Å². The van der Waals surface area contributed by atoms with Crippen LogP contribution in [0.5, 0.6) is 0 Å². The van der Waals surface area contributed by atoms with E-state index in [1.54, 1.807) is 0 Å². The molecule has 0 heterocycles. The van der Waals surface area contributed by atoms with Crippen molar-refractivity contribution in [1.29, 1.82) is 0 Å². The van der Waals surface area contributed by atoms with Crippen molar-refractivity contribution < 1.29 is 37.0 Å². The van der Waals surface area contributed by atoms with Crippen molar-refractivity contribution in [2.24, 2.45) is 0 Å². The average Bonchev–Trinajstić information content (AvgIpc) is 3.12. The summed E-state index contributed by atoms with van der Waals surface area (Å²) in [6.45, 7) is 2.08. The molecule has 0 aliphatic heterocycles. The molecule has 2 rings (SSSR count). The maximum atomic E-state index is 7.00.